The zero-order valence-electron chi connectivity index (χ0n) is 12.9. The molecule has 2 unspecified atom stereocenters. The number of likely N-dealkylation sites (tertiary alicyclic amines) is 1. The lowest BCUT2D eigenvalue weighted by atomic mass is 9.84. The van der Waals surface area contributed by atoms with Gasteiger partial charge in [0.2, 0.25) is 5.91 Å². The fraction of sp³-hybridized carbons (Fsp3) is 0.588. The van der Waals surface area contributed by atoms with Crippen molar-refractivity contribution in [2.24, 2.45) is 5.92 Å². The first-order valence-corrected chi connectivity index (χ1v) is 7.82. The zero-order valence-corrected chi connectivity index (χ0v) is 12.9. The highest BCUT2D eigenvalue weighted by molar-refractivity contribution is 5.77. The highest BCUT2D eigenvalue weighted by atomic mass is 16.5. The van der Waals surface area contributed by atoms with Gasteiger partial charge in [0.05, 0.1) is 7.11 Å². The molecule has 2 saturated heterocycles. The Balaban J connectivity index is 1.84. The molecule has 2 atom stereocenters. The maximum Gasteiger partial charge on any atom is 0.223 e. The first kappa shape index (κ1) is 14.4. The molecule has 0 saturated carbocycles. The van der Waals surface area contributed by atoms with Gasteiger partial charge in [0.25, 0.3) is 0 Å². The molecule has 21 heavy (non-hydrogen) atoms. The topological polar surface area (TPSA) is 41.6 Å². The van der Waals surface area contributed by atoms with Crippen LogP contribution in [-0.4, -0.2) is 37.0 Å². The van der Waals surface area contributed by atoms with E-state index in [1.54, 1.807) is 7.11 Å². The Hall–Kier alpha value is -1.55. The second-order valence-electron chi connectivity index (χ2n) is 6.20. The minimum atomic E-state index is 0.293. The van der Waals surface area contributed by atoms with Crippen LogP contribution in [0.15, 0.2) is 18.2 Å². The molecule has 4 heteroatoms. The molecule has 0 spiro atoms. The molecule has 0 aromatic heterocycles. The molecule has 4 nitrogen and oxygen atoms in total. The van der Waals surface area contributed by atoms with Gasteiger partial charge < -0.3 is 15.0 Å². The van der Waals surface area contributed by atoms with E-state index in [9.17, 15) is 4.79 Å². The summed E-state index contributed by atoms with van der Waals surface area (Å²) in [6.07, 6.45) is 2.76. The number of hydrogen-bond donors (Lipinski definition) is 1. The van der Waals surface area contributed by atoms with Crippen LogP contribution in [0.1, 0.15) is 30.4 Å². The standard InChI is InChI=1S/C17H24N2O2/c1-12-3-5-16(21-2)14(9-12)11-19-15-7-8-18-10-13(15)4-6-17(19)20/h3,5,9,13,15,18H,4,6-8,10-11H2,1-2H3. The van der Waals surface area contributed by atoms with Gasteiger partial charge in [0.15, 0.2) is 0 Å². The fourth-order valence-electron chi connectivity index (χ4n) is 3.67. The third-order valence-corrected chi connectivity index (χ3v) is 4.79. The molecule has 3 rings (SSSR count). The van der Waals surface area contributed by atoms with Crippen LogP contribution in [0, 0.1) is 12.8 Å². The van der Waals surface area contributed by atoms with E-state index in [1.807, 2.05) is 12.1 Å². The maximum absolute atomic E-state index is 12.4. The average Bonchev–Trinajstić information content (AvgIpc) is 2.50. The highest BCUT2D eigenvalue weighted by Crippen LogP contribution is 2.31. The lowest BCUT2D eigenvalue weighted by Crippen LogP contribution is -2.54. The molecule has 1 amide bonds. The van der Waals surface area contributed by atoms with Crippen molar-refractivity contribution in [3.63, 3.8) is 0 Å². The van der Waals surface area contributed by atoms with Crippen molar-refractivity contribution in [2.75, 3.05) is 20.2 Å². The van der Waals surface area contributed by atoms with Gasteiger partial charge in [-0.15, -0.1) is 0 Å². The van der Waals surface area contributed by atoms with E-state index in [1.165, 1.54) is 5.56 Å². The number of ether oxygens (including phenoxy) is 1. The quantitative estimate of drug-likeness (QED) is 0.926. The molecular formula is C17H24N2O2. The summed E-state index contributed by atoms with van der Waals surface area (Å²) in [6.45, 7) is 4.80. The summed E-state index contributed by atoms with van der Waals surface area (Å²) >= 11 is 0. The predicted molar refractivity (Wildman–Crippen MR) is 82.3 cm³/mol. The number of carbonyl (C=O) groups excluding carboxylic acids is 1. The van der Waals surface area contributed by atoms with Crippen LogP contribution >= 0.6 is 0 Å². The van der Waals surface area contributed by atoms with Crippen molar-refractivity contribution in [1.29, 1.82) is 0 Å². The van der Waals surface area contributed by atoms with E-state index in [-0.39, 0.29) is 0 Å². The SMILES string of the molecule is COc1ccc(C)cc1CN1C(=O)CCC2CNCCC21. The number of piperidine rings is 2. The summed E-state index contributed by atoms with van der Waals surface area (Å²) in [7, 11) is 1.69. The smallest absolute Gasteiger partial charge is 0.223 e. The van der Waals surface area contributed by atoms with Crippen LogP contribution < -0.4 is 10.1 Å². The molecule has 2 fully saturated rings. The zero-order chi connectivity index (χ0) is 14.8. The molecule has 2 aliphatic heterocycles. The summed E-state index contributed by atoms with van der Waals surface area (Å²) in [4.78, 5) is 14.5. The molecule has 0 radical (unpaired) electrons. The monoisotopic (exact) mass is 288 g/mol. The Kier molecular flexibility index (Phi) is 4.15. The van der Waals surface area contributed by atoms with Crippen molar-refractivity contribution >= 4 is 5.91 Å². The summed E-state index contributed by atoms with van der Waals surface area (Å²) in [6, 6.07) is 6.57. The molecule has 2 aliphatic rings. The van der Waals surface area contributed by atoms with Crippen LogP contribution in [0.2, 0.25) is 0 Å². The molecule has 1 N–H and O–H groups in total. The number of methoxy groups -OCH3 is 1. The first-order valence-electron chi connectivity index (χ1n) is 7.82. The van der Waals surface area contributed by atoms with Crippen molar-refractivity contribution in [1.82, 2.24) is 10.2 Å². The Labute approximate surface area is 126 Å². The van der Waals surface area contributed by atoms with Crippen LogP contribution in [0.3, 0.4) is 0 Å². The Morgan fingerprint density at radius 2 is 2.24 bits per heavy atom. The molecule has 1 aromatic carbocycles. The van der Waals surface area contributed by atoms with Gasteiger partial charge in [-0.3, -0.25) is 4.79 Å². The van der Waals surface area contributed by atoms with E-state index in [4.69, 9.17) is 4.74 Å². The van der Waals surface area contributed by atoms with E-state index in [2.05, 4.69) is 23.2 Å². The highest BCUT2D eigenvalue weighted by Gasteiger charge is 2.37. The van der Waals surface area contributed by atoms with E-state index in [0.717, 1.165) is 37.2 Å². The second kappa shape index (κ2) is 6.06. The van der Waals surface area contributed by atoms with Crippen LogP contribution in [0.25, 0.3) is 0 Å². The number of carbonyl (C=O) groups is 1. The molecule has 1 aromatic rings. The predicted octanol–water partition coefficient (Wildman–Crippen LogP) is 2.10. The average molecular weight is 288 g/mol. The minimum Gasteiger partial charge on any atom is -0.496 e. The number of benzene rings is 1. The molecule has 0 aliphatic carbocycles. The van der Waals surface area contributed by atoms with Gasteiger partial charge in [-0.2, -0.15) is 0 Å². The fourth-order valence-corrected chi connectivity index (χ4v) is 3.67. The van der Waals surface area contributed by atoms with Gasteiger partial charge in [-0.05, 0) is 44.8 Å². The second-order valence-corrected chi connectivity index (χ2v) is 6.20. The lowest BCUT2D eigenvalue weighted by molar-refractivity contribution is -0.140. The van der Waals surface area contributed by atoms with Crippen molar-refractivity contribution < 1.29 is 9.53 Å². The van der Waals surface area contributed by atoms with Gasteiger partial charge >= 0.3 is 0 Å². The number of fused-ring (bicyclic) bond motifs is 1. The summed E-state index contributed by atoms with van der Waals surface area (Å²) in [5.41, 5.74) is 2.32. The third kappa shape index (κ3) is 2.91. The van der Waals surface area contributed by atoms with Crippen molar-refractivity contribution in [3.8, 4) is 5.75 Å². The summed E-state index contributed by atoms with van der Waals surface area (Å²) in [5.74, 6) is 1.78. The van der Waals surface area contributed by atoms with Crippen LogP contribution in [-0.2, 0) is 11.3 Å². The third-order valence-electron chi connectivity index (χ3n) is 4.79. The number of amides is 1. The minimum absolute atomic E-state index is 0.293. The molecule has 2 heterocycles. The number of nitrogens with zero attached hydrogens (tertiary/aromatic N) is 1. The Bertz CT molecular complexity index is 530. The number of rotatable bonds is 3. The molecule has 114 valence electrons. The van der Waals surface area contributed by atoms with Crippen molar-refractivity contribution in [3.05, 3.63) is 29.3 Å². The molecule has 0 bridgehead atoms. The van der Waals surface area contributed by atoms with E-state index < -0.39 is 0 Å². The van der Waals surface area contributed by atoms with Gasteiger partial charge in [-0.1, -0.05) is 17.7 Å². The largest absolute Gasteiger partial charge is 0.496 e. The van der Waals surface area contributed by atoms with E-state index >= 15 is 0 Å². The maximum atomic E-state index is 12.4. The lowest BCUT2D eigenvalue weighted by Gasteiger charge is -2.44. The van der Waals surface area contributed by atoms with Crippen LogP contribution in [0.4, 0.5) is 0 Å². The Morgan fingerprint density at radius 1 is 1.38 bits per heavy atom. The van der Waals surface area contributed by atoms with Gasteiger partial charge in [0, 0.05) is 24.6 Å². The summed E-state index contributed by atoms with van der Waals surface area (Å²) < 4.78 is 5.46. The van der Waals surface area contributed by atoms with E-state index in [0.29, 0.717) is 30.8 Å². The van der Waals surface area contributed by atoms with Gasteiger partial charge in [0.1, 0.15) is 5.75 Å². The molecular weight excluding hydrogens is 264 g/mol. The normalized spacial score (nSPS) is 25.6. The van der Waals surface area contributed by atoms with Gasteiger partial charge in [-0.25, -0.2) is 0 Å². The van der Waals surface area contributed by atoms with Crippen LogP contribution in [0.5, 0.6) is 5.75 Å². The number of nitrogens with one attached hydrogen (secondary N) is 1. The first-order chi connectivity index (χ1) is 10.2. The Morgan fingerprint density at radius 3 is 3.05 bits per heavy atom. The number of hydrogen-bond acceptors (Lipinski definition) is 3. The van der Waals surface area contributed by atoms with Crippen molar-refractivity contribution in [2.45, 2.75) is 38.8 Å². The summed E-state index contributed by atoms with van der Waals surface area (Å²) in [5, 5.41) is 3.45. The number of aryl methyl sites for hydroxylation is 1.